The van der Waals surface area contributed by atoms with Gasteiger partial charge >= 0.3 is 0 Å². The highest BCUT2D eigenvalue weighted by atomic mass is 35.5. The Hall–Kier alpha value is -1.59. The van der Waals surface area contributed by atoms with Crippen LogP contribution in [-0.4, -0.2) is 22.4 Å². The SMILES string of the molecule is CSc1ccc(NC(=O)c2ccc(Cl)nn2)cc1. The van der Waals surface area contributed by atoms with E-state index in [2.05, 4.69) is 15.5 Å². The summed E-state index contributed by atoms with van der Waals surface area (Å²) in [7, 11) is 0. The molecular formula is C12H10ClN3OS. The number of hydrogen-bond acceptors (Lipinski definition) is 4. The third kappa shape index (κ3) is 3.21. The molecule has 1 heterocycles. The minimum absolute atomic E-state index is 0.230. The third-order valence-electron chi connectivity index (χ3n) is 2.21. The van der Waals surface area contributed by atoms with E-state index in [9.17, 15) is 4.79 Å². The van der Waals surface area contributed by atoms with Gasteiger partial charge in [-0.25, -0.2) is 0 Å². The highest BCUT2D eigenvalue weighted by molar-refractivity contribution is 7.98. The van der Waals surface area contributed by atoms with Gasteiger partial charge in [0.2, 0.25) is 0 Å². The van der Waals surface area contributed by atoms with Gasteiger partial charge in [-0.15, -0.1) is 22.0 Å². The molecular weight excluding hydrogens is 270 g/mol. The lowest BCUT2D eigenvalue weighted by Gasteiger charge is -2.04. The maximum Gasteiger partial charge on any atom is 0.276 e. The van der Waals surface area contributed by atoms with Gasteiger partial charge < -0.3 is 5.32 Å². The van der Waals surface area contributed by atoms with Gasteiger partial charge in [0.25, 0.3) is 5.91 Å². The smallest absolute Gasteiger partial charge is 0.276 e. The van der Waals surface area contributed by atoms with E-state index in [0.29, 0.717) is 0 Å². The van der Waals surface area contributed by atoms with Gasteiger partial charge in [-0.2, -0.15) is 0 Å². The van der Waals surface area contributed by atoms with Crippen LogP contribution in [0.3, 0.4) is 0 Å². The lowest BCUT2D eigenvalue weighted by Crippen LogP contribution is -2.14. The van der Waals surface area contributed by atoms with E-state index in [4.69, 9.17) is 11.6 Å². The summed E-state index contributed by atoms with van der Waals surface area (Å²) < 4.78 is 0. The summed E-state index contributed by atoms with van der Waals surface area (Å²) in [5, 5.41) is 10.3. The molecule has 1 N–H and O–H groups in total. The molecule has 0 bridgehead atoms. The number of benzene rings is 1. The molecule has 0 fully saturated rings. The fourth-order valence-corrected chi connectivity index (χ4v) is 1.82. The number of halogens is 1. The molecule has 0 atom stereocenters. The molecule has 92 valence electrons. The van der Waals surface area contributed by atoms with E-state index < -0.39 is 0 Å². The van der Waals surface area contributed by atoms with Gasteiger partial charge in [0, 0.05) is 10.6 Å². The average Bonchev–Trinajstić information content (AvgIpc) is 2.40. The maximum atomic E-state index is 11.8. The minimum Gasteiger partial charge on any atom is -0.321 e. The summed E-state index contributed by atoms with van der Waals surface area (Å²) in [4.78, 5) is 13.0. The lowest BCUT2D eigenvalue weighted by molar-refractivity contribution is 0.102. The van der Waals surface area contributed by atoms with E-state index in [1.54, 1.807) is 11.8 Å². The molecule has 6 heteroatoms. The summed E-state index contributed by atoms with van der Waals surface area (Å²) in [5.41, 5.74) is 0.947. The zero-order chi connectivity index (χ0) is 13.0. The Bertz CT molecular complexity index is 542. The van der Waals surface area contributed by atoms with Crippen molar-refractivity contribution in [2.75, 3.05) is 11.6 Å². The summed E-state index contributed by atoms with van der Waals surface area (Å²) >= 11 is 7.25. The van der Waals surface area contributed by atoms with Gasteiger partial charge in [-0.3, -0.25) is 4.79 Å². The number of aromatic nitrogens is 2. The number of anilines is 1. The molecule has 1 amide bonds. The Morgan fingerprint density at radius 2 is 1.89 bits per heavy atom. The molecule has 0 unspecified atom stereocenters. The van der Waals surface area contributed by atoms with Crippen LogP contribution in [0.1, 0.15) is 10.5 Å². The van der Waals surface area contributed by atoms with Crippen molar-refractivity contribution in [1.29, 1.82) is 0 Å². The lowest BCUT2D eigenvalue weighted by atomic mass is 10.3. The molecule has 0 aliphatic heterocycles. The number of hydrogen-bond donors (Lipinski definition) is 1. The highest BCUT2D eigenvalue weighted by Crippen LogP contribution is 2.17. The van der Waals surface area contributed by atoms with E-state index in [1.165, 1.54) is 12.1 Å². The van der Waals surface area contributed by atoms with Crippen LogP contribution in [0.5, 0.6) is 0 Å². The first-order chi connectivity index (χ1) is 8.69. The largest absolute Gasteiger partial charge is 0.321 e. The number of carbonyl (C=O) groups is 1. The van der Waals surface area contributed by atoms with Crippen molar-refractivity contribution in [1.82, 2.24) is 10.2 Å². The van der Waals surface area contributed by atoms with Crippen LogP contribution in [-0.2, 0) is 0 Å². The number of nitrogens with zero attached hydrogens (tertiary/aromatic N) is 2. The Kier molecular flexibility index (Phi) is 4.17. The van der Waals surface area contributed by atoms with Gasteiger partial charge in [-0.1, -0.05) is 11.6 Å². The van der Waals surface area contributed by atoms with Crippen molar-refractivity contribution < 1.29 is 4.79 Å². The van der Waals surface area contributed by atoms with Gasteiger partial charge in [0.05, 0.1) is 0 Å². The van der Waals surface area contributed by atoms with Gasteiger partial charge in [0.15, 0.2) is 10.8 Å². The molecule has 0 saturated heterocycles. The highest BCUT2D eigenvalue weighted by Gasteiger charge is 2.08. The molecule has 0 radical (unpaired) electrons. The van der Waals surface area contributed by atoms with Gasteiger partial charge in [-0.05, 0) is 42.7 Å². The maximum absolute atomic E-state index is 11.8. The van der Waals surface area contributed by atoms with Crippen molar-refractivity contribution in [2.45, 2.75) is 4.90 Å². The van der Waals surface area contributed by atoms with Crippen LogP contribution in [0.4, 0.5) is 5.69 Å². The van der Waals surface area contributed by atoms with Crippen molar-refractivity contribution in [3.8, 4) is 0 Å². The van der Waals surface area contributed by atoms with E-state index in [-0.39, 0.29) is 16.8 Å². The van der Waals surface area contributed by atoms with Crippen LogP contribution in [0.2, 0.25) is 5.15 Å². The van der Waals surface area contributed by atoms with Crippen LogP contribution < -0.4 is 5.32 Å². The first kappa shape index (κ1) is 12.9. The van der Waals surface area contributed by atoms with Crippen molar-refractivity contribution >= 4 is 35.0 Å². The Morgan fingerprint density at radius 1 is 1.17 bits per heavy atom. The van der Waals surface area contributed by atoms with Crippen LogP contribution >= 0.6 is 23.4 Å². The van der Waals surface area contributed by atoms with Crippen molar-refractivity contribution in [3.05, 3.63) is 47.2 Å². The molecule has 4 nitrogen and oxygen atoms in total. The second-order valence-electron chi connectivity index (χ2n) is 3.42. The number of carbonyl (C=O) groups excluding carboxylic acids is 1. The molecule has 2 rings (SSSR count). The standard InChI is InChI=1S/C12H10ClN3OS/c1-18-9-4-2-8(3-5-9)14-12(17)10-6-7-11(13)16-15-10/h2-7H,1H3,(H,14,17). The van der Waals surface area contributed by atoms with Crippen LogP contribution in [0.15, 0.2) is 41.3 Å². The second-order valence-corrected chi connectivity index (χ2v) is 4.69. The third-order valence-corrected chi connectivity index (χ3v) is 3.16. The predicted molar refractivity (Wildman–Crippen MR) is 73.2 cm³/mol. The second kappa shape index (κ2) is 5.84. The summed E-state index contributed by atoms with van der Waals surface area (Å²) in [5.74, 6) is -0.309. The molecule has 18 heavy (non-hydrogen) atoms. The first-order valence-corrected chi connectivity index (χ1v) is 6.74. The normalized spacial score (nSPS) is 10.1. The Morgan fingerprint density at radius 3 is 2.44 bits per heavy atom. The van der Waals surface area contributed by atoms with Crippen molar-refractivity contribution in [3.63, 3.8) is 0 Å². The zero-order valence-corrected chi connectivity index (χ0v) is 11.1. The number of nitrogens with one attached hydrogen (secondary N) is 1. The minimum atomic E-state index is -0.309. The predicted octanol–water partition coefficient (Wildman–Crippen LogP) is 3.10. The molecule has 2 aromatic rings. The number of thioether (sulfide) groups is 1. The molecule has 0 aliphatic carbocycles. The monoisotopic (exact) mass is 279 g/mol. The molecule has 0 saturated carbocycles. The number of rotatable bonds is 3. The zero-order valence-electron chi connectivity index (χ0n) is 9.55. The Labute approximate surface area is 114 Å². The summed E-state index contributed by atoms with van der Waals surface area (Å²) in [6, 6.07) is 10.6. The molecule has 0 aliphatic rings. The summed E-state index contributed by atoms with van der Waals surface area (Å²) in [6.45, 7) is 0. The quantitative estimate of drug-likeness (QED) is 0.877. The number of amides is 1. The topological polar surface area (TPSA) is 54.9 Å². The summed E-state index contributed by atoms with van der Waals surface area (Å²) in [6.07, 6.45) is 2.00. The fourth-order valence-electron chi connectivity index (χ4n) is 1.31. The molecule has 1 aromatic heterocycles. The van der Waals surface area contributed by atoms with Crippen molar-refractivity contribution in [2.24, 2.45) is 0 Å². The molecule has 0 spiro atoms. The van der Waals surface area contributed by atoms with Gasteiger partial charge in [0.1, 0.15) is 0 Å². The van der Waals surface area contributed by atoms with E-state index in [0.717, 1.165) is 10.6 Å². The first-order valence-electron chi connectivity index (χ1n) is 5.13. The van der Waals surface area contributed by atoms with Crippen LogP contribution in [0, 0.1) is 0 Å². The fraction of sp³-hybridized carbons (Fsp3) is 0.0833. The van der Waals surface area contributed by atoms with E-state index in [1.807, 2.05) is 30.5 Å². The van der Waals surface area contributed by atoms with E-state index >= 15 is 0 Å². The Balaban J connectivity index is 2.08. The average molecular weight is 280 g/mol. The van der Waals surface area contributed by atoms with Crippen LogP contribution in [0.25, 0.3) is 0 Å². The molecule has 1 aromatic carbocycles.